The van der Waals surface area contributed by atoms with Crippen molar-refractivity contribution in [2.45, 2.75) is 51.3 Å². The maximum atomic E-state index is 12.1. The summed E-state index contributed by atoms with van der Waals surface area (Å²) in [5.74, 6) is -0.123. The number of piperazine rings is 1. The topological polar surface area (TPSA) is 58.8 Å². The number of nitrogens with two attached hydrogens (primary N) is 1. The van der Waals surface area contributed by atoms with Gasteiger partial charge in [-0.2, -0.15) is 0 Å². The molecule has 0 bridgehead atoms. The van der Waals surface area contributed by atoms with Crippen LogP contribution in [0.25, 0.3) is 0 Å². The average Bonchev–Trinajstić information content (AvgIpc) is 3.20. The van der Waals surface area contributed by atoms with E-state index in [0.29, 0.717) is 6.54 Å². The summed E-state index contributed by atoms with van der Waals surface area (Å²) in [6.07, 6.45) is 2.42. The van der Waals surface area contributed by atoms with Gasteiger partial charge in [0.1, 0.15) is 5.60 Å². The Morgan fingerprint density at radius 3 is 2.67 bits per heavy atom. The van der Waals surface area contributed by atoms with Crippen LogP contribution in [-0.2, 0) is 16.1 Å². The Balaban J connectivity index is 1.57. The molecule has 1 aromatic rings. The van der Waals surface area contributed by atoms with Gasteiger partial charge >= 0.3 is 5.97 Å². The number of carbonyl (C=O) groups excluding carboxylic acids is 1. The summed E-state index contributed by atoms with van der Waals surface area (Å²) in [6, 6.07) is 8.14. The molecule has 0 radical (unpaired) electrons. The fourth-order valence-corrected chi connectivity index (χ4v) is 3.56. The van der Waals surface area contributed by atoms with Gasteiger partial charge in [0.05, 0.1) is 6.54 Å². The minimum absolute atomic E-state index is 0.123. The van der Waals surface area contributed by atoms with Gasteiger partial charge in [0.15, 0.2) is 0 Å². The third-order valence-electron chi connectivity index (χ3n) is 4.80. The second-order valence-electron chi connectivity index (χ2n) is 8.19. The summed E-state index contributed by atoms with van der Waals surface area (Å²) in [5.41, 5.74) is 7.81. The number of carbonyl (C=O) groups is 1. The third kappa shape index (κ3) is 4.28. The molecule has 1 aliphatic carbocycles. The van der Waals surface area contributed by atoms with E-state index in [-0.39, 0.29) is 11.5 Å². The first-order chi connectivity index (χ1) is 11.3. The van der Waals surface area contributed by atoms with Gasteiger partial charge in [-0.15, -0.1) is 0 Å². The number of hydrogen-bond acceptors (Lipinski definition) is 5. The van der Waals surface area contributed by atoms with Crippen LogP contribution < -0.4 is 5.73 Å². The molecule has 1 aromatic carbocycles. The molecule has 2 aliphatic rings. The number of nitrogen functional groups attached to an aromatic ring is 1. The fourth-order valence-electron chi connectivity index (χ4n) is 3.56. The van der Waals surface area contributed by atoms with Crippen molar-refractivity contribution in [3.8, 4) is 0 Å². The molecule has 1 saturated heterocycles. The van der Waals surface area contributed by atoms with Crippen molar-refractivity contribution in [1.29, 1.82) is 0 Å². The van der Waals surface area contributed by atoms with Crippen molar-refractivity contribution in [2.75, 3.05) is 31.9 Å². The second-order valence-corrected chi connectivity index (χ2v) is 8.19. The predicted molar refractivity (Wildman–Crippen MR) is 95.5 cm³/mol. The van der Waals surface area contributed by atoms with E-state index in [1.807, 2.05) is 32.9 Å². The van der Waals surface area contributed by atoms with E-state index in [9.17, 15) is 4.79 Å². The molecule has 5 nitrogen and oxygen atoms in total. The first-order valence-corrected chi connectivity index (χ1v) is 8.79. The van der Waals surface area contributed by atoms with Crippen molar-refractivity contribution in [1.82, 2.24) is 9.80 Å². The minimum atomic E-state index is -0.413. The zero-order chi connectivity index (χ0) is 17.4. The Bertz CT molecular complexity index is 605. The molecule has 1 aliphatic heterocycles. The van der Waals surface area contributed by atoms with Gasteiger partial charge in [-0.05, 0) is 51.3 Å². The van der Waals surface area contributed by atoms with E-state index in [0.717, 1.165) is 31.9 Å². The van der Waals surface area contributed by atoms with Crippen LogP contribution in [0, 0.1) is 0 Å². The lowest BCUT2D eigenvalue weighted by molar-refractivity contribution is -0.157. The number of hydrogen-bond donors (Lipinski definition) is 1. The zero-order valence-corrected chi connectivity index (χ0v) is 15.0. The van der Waals surface area contributed by atoms with Gasteiger partial charge in [0.2, 0.25) is 0 Å². The largest absolute Gasteiger partial charge is 0.459 e. The van der Waals surface area contributed by atoms with Crippen molar-refractivity contribution in [2.24, 2.45) is 0 Å². The maximum absolute atomic E-state index is 12.1. The van der Waals surface area contributed by atoms with E-state index in [1.54, 1.807) is 0 Å². The lowest BCUT2D eigenvalue weighted by Crippen LogP contribution is -2.55. The van der Waals surface area contributed by atoms with Gasteiger partial charge in [0, 0.05) is 37.4 Å². The summed E-state index contributed by atoms with van der Waals surface area (Å²) in [4.78, 5) is 16.9. The summed E-state index contributed by atoms with van der Waals surface area (Å²) < 4.78 is 5.46. The van der Waals surface area contributed by atoms with Crippen molar-refractivity contribution < 1.29 is 9.53 Å². The Kier molecular flexibility index (Phi) is 4.58. The Morgan fingerprint density at radius 2 is 2.04 bits per heavy atom. The SMILES string of the molecule is CC(C)(C)OC(=O)CN1CCN(Cc2cccc(N)c2)C2(CC2)C1. The number of ether oxygens (including phenoxy) is 1. The quantitative estimate of drug-likeness (QED) is 0.677. The van der Waals surface area contributed by atoms with Crippen LogP contribution in [0.4, 0.5) is 5.69 Å². The summed E-state index contributed by atoms with van der Waals surface area (Å²) in [7, 11) is 0. The monoisotopic (exact) mass is 331 g/mol. The first-order valence-electron chi connectivity index (χ1n) is 8.79. The van der Waals surface area contributed by atoms with Gasteiger partial charge < -0.3 is 10.5 Å². The Labute approximate surface area is 144 Å². The first kappa shape index (κ1) is 17.2. The van der Waals surface area contributed by atoms with Gasteiger partial charge in [0.25, 0.3) is 0 Å². The van der Waals surface area contributed by atoms with Crippen LogP contribution in [0.15, 0.2) is 24.3 Å². The third-order valence-corrected chi connectivity index (χ3v) is 4.80. The molecule has 1 heterocycles. The smallest absolute Gasteiger partial charge is 0.320 e. The molecule has 0 atom stereocenters. The summed E-state index contributed by atoms with van der Waals surface area (Å²) in [6.45, 7) is 9.91. The molecule has 2 fully saturated rings. The molecule has 1 spiro atoms. The normalized spacial score (nSPS) is 21.0. The van der Waals surface area contributed by atoms with E-state index < -0.39 is 5.60 Å². The predicted octanol–water partition coefficient (Wildman–Crippen LogP) is 2.26. The summed E-state index contributed by atoms with van der Waals surface area (Å²) in [5, 5.41) is 0. The maximum Gasteiger partial charge on any atom is 0.320 e. The fraction of sp³-hybridized carbons (Fsp3) is 0.632. The van der Waals surface area contributed by atoms with Crippen LogP contribution in [0.1, 0.15) is 39.2 Å². The molecular formula is C19H29N3O2. The van der Waals surface area contributed by atoms with Crippen molar-refractivity contribution >= 4 is 11.7 Å². The molecule has 0 aromatic heterocycles. The van der Waals surface area contributed by atoms with Gasteiger partial charge in [-0.3, -0.25) is 14.6 Å². The average molecular weight is 331 g/mol. The van der Waals surface area contributed by atoms with Crippen LogP contribution in [0.5, 0.6) is 0 Å². The lowest BCUT2D eigenvalue weighted by atomic mass is 10.1. The highest BCUT2D eigenvalue weighted by Crippen LogP contribution is 2.44. The van der Waals surface area contributed by atoms with E-state index >= 15 is 0 Å². The number of anilines is 1. The molecule has 132 valence electrons. The van der Waals surface area contributed by atoms with Crippen LogP contribution in [0.2, 0.25) is 0 Å². The lowest BCUT2D eigenvalue weighted by Gasteiger charge is -2.42. The molecular weight excluding hydrogens is 302 g/mol. The van der Waals surface area contributed by atoms with E-state index in [4.69, 9.17) is 10.5 Å². The minimum Gasteiger partial charge on any atom is -0.459 e. The highest BCUT2D eigenvalue weighted by Gasteiger charge is 2.51. The van der Waals surface area contributed by atoms with Crippen LogP contribution in [0.3, 0.4) is 0 Å². The van der Waals surface area contributed by atoms with Crippen molar-refractivity contribution in [3.05, 3.63) is 29.8 Å². The molecule has 1 saturated carbocycles. The van der Waals surface area contributed by atoms with E-state index in [1.165, 1.54) is 18.4 Å². The highest BCUT2D eigenvalue weighted by molar-refractivity contribution is 5.72. The van der Waals surface area contributed by atoms with Gasteiger partial charge in [-0.25, -0.2) is 0 Å². The number of nitrogens with zero attached hydrogens (tertiary/aromatic N) is 2. The molecule has 3 rings (SSSR count). The standard InChI is InChI=1S/C19H29N3O2/c1-18(2,3)24-17(23)13-21-9-10-22(19(14-21)7-8-19)12-15-5-4-6-16(20)11-15/h4-6,11H,7-10,12-14,20H2,1-3H3. The zero-order valence-electron chi connectivity index (χ0n) is 15.0. The Morgan fingerprint density at radius 1 is 1.29 bits per heavy atom. The molecule has 0 unspecified atom stereocenters. The molecule has 5 heteroatoms. The molecule has 24 heavy (non-hydrogen) atoms. The second kappa shape index (κ2) is 6.37. The molecule has 0 amide bonds. The van der Waals surface area contributed by atoms with Gasteiger partial charge in [-0.1, -0.05) is 12.1 Å². The van der Waals surface area contributed by atoms with Crippen LogP contribution in [-0.4, -0.2) is 53.1 Å². The number of esters is 1. The summed E-state index contributed by atoms with van der Waals surface area (Å²) >= 11 is 0. The van der Waals surface area contributed by atoms with Crippen molar-refractivity contribution in [3.63, 3.8) is 0 Å². The Hall–Kier alpha value is -1.59. The van der Waals surface area contributed by atoms with Crippen LogP contribution >= 0.6 is 0 Å². The number of benzene rings is 1. The molecule has 2 N–H and O–H groups in total. The number of rotatable bonds is 4. The highest BCUT2D eigenvalue weighted by atomic mass is 16.6. The van der Waals surface area contributed by atoms with E-state index in [2.05, 4.69) is 21.9 Å².